The molecule has 152 valence electrons. The molecule has 0 spiro atoms. The molecule has 2 aromatic rings. The first-order chi connectivity index (χ1) is 13.8. The van der Waals surface area contributed by atoms with Gasteiger partial charge in [0.25, 0.3) is 0 Å². The maximum Gasteiger partial charge on any atom is 0.191 e. The van der Waals surface area contributed by atoms with Crippen LogP contribution in [0.15, 0.2) is 48.0 Å². The summed E-state index contributed by atoms with van der Waals surface area (Å²) in [7, 11) is 1.77. The van der Waals surface area contributed by atoms with Gasteiger partial charge in [-0.3, -0.25) is 9.89 Å². The molecule has 0 aliphatic carbocycles. The highest BCUT2D eigenvalue weighted by Crippen LogP contribution is 2.21. The molecule has 3 rings (SSSR count). The minimum atomic E-state index is -0.215. The molecule has 1 fully saturated rings. The lowest BCUT2D eigenvalue weighted by atomic mass is 10.0. The molecule has 0 amide bonds. The summed E-state index contributed by atoms with van der Waals surface area (Å²) in [6, 6.07) is 6.89. The van der Waals surface area contributed by atoms with Crippen LogP contribution in [0.2, 0.25) is 0 Å². The first-order valence-electron chi connectivity index (χ1n) is 9.74. The van der Waals surface area contributed by atoms with Gasteiger partial charge in [0, 0.05) is 52.2 Å². The molecule has 2 heterocycles. The van der Waals surface area contributed by atoms with E-state index in [-0.39, 0.29) is 11.9 Å². The van der Waals surface area contributed by atoms with Crippen LogP contribution in [-0.4, -0.2) is 66.9 Å². The minimum absolute atomic E-state index is 0.133. The third-order valence-electron chi connectivity index (χ3n) is 4.87. The standard InChI is InChI=1S/C20H29FN6O/c1-22-20(24-7-2-9-26-10-8-23-16-26)25-15-19(27-11-13-28-14-12-27)17-3-5-18(21)6-4-17/h3-6,8,10,16,19H,2,7,9,11-15H2,1H3,(H2,22,24,25). The molecule has 0 bridgehead atoms. The van der Waals surface area contributed by atoms with Crippen molar-refractivity contribution in [3.05, 3.63) is 54.4 Å². The van der Waals surface area contributed by atoms with E-state index in [1.807, 2.05) is 24.7 Å². The number of hydrogen-bond acceptors (Lipinski definition) is 4. The van der Waals surface area contributed by atoms with Gasteiger partial charge < -0.3 is 19.9 Å². The summed E-state index contributed by atoms with van der Waals surface area (Å²) < 4.78 is 20.9. The fourth-order valence-electron chi connectivity index (χ4n) is 3.33. The van der Waals surface area contributed by atoms with Gasteiger partial charge in [0.15, 0.2) is 5.96 Å². The number of guanidine groups is 1. The van der Waals surface area contributed by atoms with Gasteiger partial charge in [-0.2, -0.15) is 0 Å². The molecule has 28 heavy (non-hydrogen) atoms. The summed E-state index contributed by atoms with van der Waals surface area (Å²) in [4.78, 5) is 10.7. The van der Waals surface area contributed by atoms with E-state index in [2.05, 4.69) is 30.1 Å². The number of rotatable bonds is 8. The molecule has 0 radical (unpaired) electrons. The Morgan fingerprint density at radius 2 is 2.04 bits per heavy atom. The van der Waals surface area contributed by atoms with Crippen LogP contribution in [-0.2, 0) is 11.3 Å². The Labute approximate surface area is 165 Å². The number of nitrogens with zero attached hydrogens (tertiary/aromatic N) is 4. The number of benzene rings is 1. The van der Waals surface area contributed by atoms with Crippen LogP contribution in [0.25, 0.3) is 0 Å². The second-order valence-corrected chi connectivity index (χ2v) is 6.75. The van der Waals surface area contributed by atoms with Crippen molar-refractivity contribution in [1.82, 2.24) is 25.1 Å². The average Bonchev–Trinajstić information content (AvgIpc) is 3.25. The molecular weight excluding hydrogens is 359 g/mol. The van der Waals surface area contributed by atoms with Gasteiger partial charge in [0.05, 0.1) is 25.6 Å². The molecule has 1 aliphatic rings. The smallest absolute Gasteiger partial charge is 0.191 e. The van der Waals surface area contributed by atoms with Gasteiger partial charge in [-0.15, -0.1) is 0 Å². The van der Waals surface area contributed by atoms with Crippen molar-refractivity contribution >= 4 is 5.96 Å². The Bertz CT molecular complexity index is 713. The van der Waals surface area contributed by atoms with E-state index in [0.29, 0.717) is 6.54 Å². The molecule has 1 aliphatic heterocycles. The summed E-state index contributed by atoms with van der Waals surface area (Å²) in [6.45, 7) is 5.58. The van der Waals surface area contributed by atoms with Crippen LogP contribution in [0.1, 0.15) is 18.0 Å². The van der Waals surface area contributed by atoms with Gasteiger partial charge in [0.2, 0.25) is 0 Å². The zero-order chi connectivity index (χ0) is 19.6. The Balaban J connectivity index is 1.52. The van der Waals surface area contributed by atoms with Gasteiger partial charge in [0.1, 0.15) is 5.82 Å². The number of morpholine rings is 1. The zero-order valence-corrected chi connectivity index (χ0v) is 16.4. The highest BCUT2D eigenvalue weighted by molar-refractivity contribution is 5.79. The predicted octanol–water partition coefficient (Wildman–Crippen LogP) is 1.65. The van der Waals surface area contributed by atoms with Crippen molar-refractivity contribution < 1.29 is 9.13 Å². The first kappa shape index (κ1) is 20.3. The Kier molecular flexibility index (Phi) is 7.81. The van der Waals surface area contributed by atoms with Crippen molar-refractivity contribution in [3.63, 3.8) is 0 Å². The molecule has 1 saturated heterocycles. The van der Waals surface area contributed by atoms with Gasteiger partial charge in [-0.05, 0) is 24.1 Å². The Morgan fingerprint density at radius 1 is 1.25 bits per heavy atom. The summed E-state index contributed by atoms with van der Waals surface area (Å²) >= 11 is 0. The molecule has 7 nitrogen and oxygen atoms in total. The fourth-order valence-corrected chi connectivity index (χ4v) is 3.33. The molecule has 2 N–H and O–H groups in total. The highest BCUT2D eigenvalue weighted by Gasteiger charge is 2.23. The quantitative estimate of drug-likeness (QED) is 0.409. The lowest BCUT2D eigenvalue weighted by Gasteiger charge is -2.35. The molecule has 1 atom stereocenters. The molecular formula is C20H29FN6O. The summed E-state index contributed by atoms with van der Waals surface area (Å²) in [5, 5.41) is 6.77. The lowest BCUT2D eigenvalue weighted by molar-refractivity contribution is 0.0170. The first-order valence-corrected chi connectivity index (χ1v) is 9.74. The molecule has 0 saturated carbocycles. The van der Waals surface area contributed by atoms with E-state index in [0.717, 1.165) is 57.3 Å². The molecule has 1 aromatic carbocycles. The summed E-state index contributed by atoms with van der Waals surface area (Å²) in [5.74, 6) is 0.554. The van der Waals surface area contributed by atoms with E-state index in [4.69, 9.17) is 4.74 Å². The van der Waals surface area contributed by atoms with E-state index >= 15 is 0 Å². The van der Waals surface area contributed by atoms with Gasteiger partial charge in [-0.1, -0.05) is 12.1 Å². The third-order valence-corrected chi connectivity index (χ3v) is 4.87. The second kappa shape index (κ2) is 10.8. The zero-order valence-electron chi connectivity index (χ0n) is 16.4. The number of aryl methyl sites for hydroxylation is 1. The van der Waals surface area contributed by atoms with Crippen LogP contribution in [0.5, 0.6) is 0 Å². The maximum atomic E-state index is 13.4. The molecule has 1 unspecified atom stereocenters. The summed E-state index contributed by atoms with van der Waals surface area (Å²) in [6.07, 6.45) is 6.54. The fraction of sp³-hybridized carbons (Fsp3) is 0.500. The van der Waals surface area contributed by atoms with E-state index in [1.165, 1.54) is 12.1 Å². The van der Waals surface area contributed by atoms with Crippen LogP contribution in [0, 0.1) is 5.82 Å². The van der Waals surface area contributed by atoms with Crippen LogP contribution < -0.4 is 10.6 Å². The average molecular weight is 388 g/mol. The van der Waals surface area contributed by atoms with Gasteiger partial charge >= 0.3 is 0 Å². The largest absolute Gasteiger partial charge is 0.379 e. The number of hydrogen-bond donors (Lipinski definition) is 2. The van der Waals surface area contributed by atoms with Crippen LogP contribution in [0.4, 0.5) is 4.39 Å². The minimum Gasteiger partial charge on any atom is -0.379 e. The predicted molar refractivity (Wildman–Crippen MR) is 108 cm³/mol. The van der Waals surface area contributed by atoms with Crippen molar-refractivity contribution in [1.29, 1.82) is 0 Å². The number of aromatic nitrogens is 2. The van der Waals surface area contributed by atoms with E-state index in [9.17, 15) is 4.39 Å². The SMILES string of the molecule is CN=C(NCCCn1ccnc1)NCC(c1ccc(F)cc1)N1CCOCC1. The van der Waals surface area contributed by atoms with Crippen LogP contribution >= 0.6 is 0 Å². The van der Waals surface area contributed by atoms with Crippen LogP contribution in [0.3, 0.4) is 0 Å². The third kappa shape index (κ3) is 6.03. The Hall–Kier alpha value is -2.45. The number of ether oxygens (including phenoxy) is 1. The number of imidazole rings is 1. The van der Waals surface area contributed by atoms with Crippen molar-refractivity contribution in [2.75, 3.05) is 46.4 Å². The maximum absolute atomic E-state index is 13.4. The number of halogens is 1. The molecule has 8 heteroatoms. The van der Waals surface area contributed by atoms with Crippen molar-refractivity contribution in [2.45, 2.75) is 19.0 Å². The monoisotopic (exact) mass is 388 g/mol. The van der Waals surface area contributed by atoms with Crippen molar-refractivity contribution in [2.24, 2.45) is 4.99 Å². The lowest BCUT2D eigenvalue weighted by Crippen LogP contribution is -2.46. The topological polar surface area (TPSA) is 66.7 Å². The highest BCUT2D eigenvalue weighted by atomic mass is 19.1. The normalized spacial score (nSPS) is 16.7. The van der Waals surface area contributed by atoms with Gasteiger partial charge in [-0.25, -0.2) is 9.37 Å². The summed E-state index contributed by atoms with van der Waals surface area (Å²) in [5.41, 5.74) is 1.09. The number of nitrogens with one attached hydrogen (secondary N) is 2. The molecule has 1 aromatic heterocycles. The van der Waals surface area contributed by atoms with E-state index in [1.54, 1.807) is 13.2 Å². The number of aliphatic imine (C=N–C) groups is 1. The second-order valence-electron chi connectivity index (χ2n) is 6.75. The van der Waals surface area contributed by atoms with E-state index < -0.39 is 0 Å². The Morgan fingerprint density at radius 3 is 2.71 bits per heavy atom. The van der Waals surface area contributed by atoms with Crippen molar-refractivity contribution in [3.8, 4) is 0 Å².